The number of benzene rings is 3. The van der Waals surface area contributed by atoms with Crippen molar-refractivity contribution in [3.63, 3.8) is 0 Å². The van der Waals surface area contributed by atoms with Gasteiger partial charge in [-0.1, -0.05) is 42.5 Å². The van der Waals surface area contributed by atoms with Crippen molar-refractivity contribution < 1.29 is 17.9 Å². The van der Waals surface area contributed by atoms with E-state index in [1.807, 2.05) is 30.3 Å². The molecule has 9 nitrogen and oxygen atoms in total. The molecule has 10 heteroatoms. The largest absolute Gasteiger partial charge is 0.425 e. The Kier molecular flexibility index (Phi) is 7.16. The highest BCUT2D eigenvalue weighted by molar-refractivity contribution is 7.89. The predicted octanol–water partition coefficient (Wildman–Crippen LogP) is 3.01. The Morgan fingerprint density at radius 2 is 1.63 bits per heavy atom. The van der Waals surface area contributed by atoms with E-state index in [0.29, 0.717) is 29.5 Å². The fourth-order valence-electron chi connectivity index (χ4n) is 3.27. The Morgan fingerprint density at radius 1 is 0.943 bits per heavy atom. The molecule has 0 fully saturated rings. The van der Waals surface area contributed by atoms with Gasteiger partial charge in [0.1, 0.15) is 11.8 Å². The number of para-hydroxylation sites is 1. The summed E-state index contributed by atoms with van der Waals surface area (Å²) in [6.45, 7) is 0. The van der Waals surface area contributed by atoms with E-state index in [-0.39, 0.29) is 4.90 Å². The average Bonchev–Trinajstić information content (AvgIpc) is 2.85. The molecule has 0 bridgehead atoms. The second kappa shape index (κ2) is 10.4. The third kappa shape index (κ3) is 6.48. The third-order valence-electron chi connectivity index (χ3n) is 5.06. The lowest BCUT2D eigenvalue weighted by molar-refractivity contribution is -0.135. The van der Waals surface area contributed by atoms with Gasteiger partial charge in [-0.3, -0.25) is 0 Å². The van der Waals surface area contributed by atoms with E-state index in [9.17, 15) is 13.2 Å². The van der Waals surface area contributed by atoms with Crippen LogP contribution in [0.5, 0.6) is 5.75 Å². The number of hydrogen-bond acceptors (Lipinski definition) is 8. The van der Waals surface area contributed by atoms with Gasteiger partial charge in [0.25, 0.3) is 0 Å². The number of nitrogens with one attached hydrogen (secondary N) is 1. The topological polar surface area (TPSA) is 150 Å². The SMILES string of the molecule is N[C@@H](Cc1ccc(-c2ccnc(Nc3ccc(S(N)(=O)=O)cc3)n2)cc1)C(=O)Oc1ccccc1. The average molecular weight is 490 g/mol. The fourth-order valence-corrected chi connectivity index (χ4v) is 3.78. The molecule has 0 radical (unpaired) electrons. The Labute approximate surface area is 202 Å². The van der Waals surface area contributed by atoms with Crippen molar-refractivity contribution in [1.82, 2.24) is 9.97 Å². The first-order valence-corrected chi connectivity index (χ1v) is 12.2. The summed E-state index contributed by atoms with van der Waals surface area (Å²) in [6.07, 6.45) is 1.95. The Balaban J connectivity index is 1.40. The summed E-state index contributed by atoms with van der Waals surface area (Å²) < 4.78 is 28.1. The smallest absolute Gasteiger partial charge is 0.328 e. The maximum atomic E-state index is 12.3. The molecule has 0 unspecified atom stereocenters. The first-order chi connectivity index (χ1) is 16.8. The molecule has 0 saturated heterocycles. The van der Waals surface area contributed by atoms with Crippen LogP contribution in [0.4, 0.5) is 11.6 Å². The van der Waals surface area contributed by atoms with Gasteiger partial charge in [-0.15, -0.1) is 0 Å². The molecule has 0 amide bonds. The number of rotatable bonds is 8. The number of primary sulfonamides is 1. The summed E-state index contributed by atoms with van der Waals surface area (Å²) in [5.74, 6) is 0.307. The minimum absolute atomic E-state index is 0.0193. The quantitative estimate of drug-likeness (QED) is 0.252. The number of esters is 1. The molecule has 178 valence electrons. The molecule has 0 saturated carbocycles. The normalized spacial score (nSPS) is 12.1. The zero-order valence-electron chi connectivity index (χ0n) is 18.5. The number of aromatic nitrogens is 2. The number of nitrogens with two attached hydrogens (primary N) is 2. The summed E-state index contributed by atoms with van der Waals surface area (Å²) in [5.41, 5.74) is 9.06. The molecule has 1 heterocycles. The summed E-state index contributed by atoms with van der Waals surface area (Å²) in [5, 5.41) is 8.16. The highest BCUT2D eigenvalue weighted by Crippen LogP contribution is 2.21. The second-order valence-corrected chi connectivity index (χ2v) is 9.26. The van der Waals surface area contributed by atoms with E-state index in [2.05, 4.69) is 15.3 Å². The van der Waals surface area contributed by atoms with E-state index in [0.717, 1.165) is 11.1 Å². The number of hydrogen-bond donors (Lipinski definition) is 3. The van der Waals surface area contributed by atoms with Crippen molar-refractivity contribution in [3.05, 3.63) is 96.7 Å². The second-order valence-electron chi connectivity index (χ2n) is 7.70. The van der Waals surface area contributed by atoms with Crippen LogP contribution in [-0.4, -0.2) is 30.4 Å². The minimum atomic E-state index is -3.76. The Bertz CT molecular complexity index is 1410. The van der Waals surface area contributed by atoms with Gasteiger partial charge in [0.2, 0.25) is 16.0 Å². The molecular formula is C25H23N5O4S. The van der Waals surface area contributed by atoms with E-state index >= 15 is 0 Å². The minimum Gasteiger partial charge on any atom is -0.425 e. The van der Waals surface area contributed by atoms with Gasteiger partial charge in [-0.25, -0.2) is 28.3 Å². The van der Waals surface area contributed by atoms with Gasteiger partial charge in [-0.05, 0) is 54.4 Å². The Morgan fingerprint density at radius 3 is 2.29 bits per heavy atom. The van der Waals surface area contributed by atoms with Gasteiger partial charge in [0.05, 0.1) is 10.6 Å². The molecule has 0 spiro atoms. The molecule has 4 aromatic rings. The van der Waals surface area contributed by atoms with Gasteiger partial charge >= 0.3 is 5.97 Å². The molecule has 5 N–H and O–H groups in total. The van der Waals surface area contributed by atoms with Crippen molar-refractivity contribution in [2.75, 3.05) is 5.32 Å². The number of ether oxygens (including phenoxy) is 1. The van der Waals surface area contributed by atoms with Crippen LogP contribution in [0.15, 0.2) is 96.0 Å². The lowest BCUT2D eigenvalue weighted by Gasteiger charge is -2.12. The molecule has 0 aliphatic heterocycles. The predicted molar refractivity (Wildman–Crippen MR) is 132 cm³/mol. The number of nitrogens with zero attached hydrogens (tertiary/aromatic N) is 2. The van der Waals surface area contributed by atoms with Crippen LogP contribution in [0.1, 0.15) is 5.56 Å². The van der Waals surface area contributed by atoms with E-state index in [1.54, 1.807) is 48.7 Å². The Hall–Kier alpha value is -4.12. The summed E-state index contributed by atoms with van der Waals surface area (Å²) in [4.78, 5) is 21.0. The summed E-state index contributed by atoms with van der Waals surface area (Å²) in [7, 11) is -3.76. The van der Waals surface area contributed by atoms with E-state index in [4.69, 9.17) is 15.6 Å². The molecule has 4 rings (SSSR count). The lowest BCUT2D eigenvalue weighted by atomic mass is 10.0. The van der Waals surface area contributed by atoms with Crippen LogP contribution in [-0.2, 0) is 21.2 Å². The van der Waals surface area contributed by atoms with E-state index in [1.165, 1.54) is 12.1 Å². The molecule has 1 atom stereocenters. The third-order valence-corrected chi connectivity index (χ3v) is 5.99. The van der Waals surface area contributed by atoms with Crippen molar-refractivity contribution >= 4 is 27.6 Å². The number of carbonyl (C=O) groups is 1. The van der Waals surface area contributed by atoms with Crippen LogP contribution in [0, 0.1) is 0 Å². The van der Waals surface area contributed by atoms with E-state index < -0.39 is 22.0 Å². The summed E-state index contributed by atoms with van der Waals surface area (Å²) in [6, 6.07) is 23.3. The zero-order chi connectivity index (χ0) is 24.8. The van der Waals surface area contributed by atoms with Crippen molar-refractivity contribution in [1.29, 1.82) is 0 Å². The van der Waals surface area contributed by atoms with Crippen molar-refractivity contribution in [2.24, 2.45) is 10.9 Å². The number of carbonyl (C=O) groups excluding carboxylic acids is 1. The van der Waals surface area contributed by atoms with Crippen LogP contribution in [0.2, 0.25) is 0 Å². The highest BCUT2D eigenvalue weighted by Gasteiger charge is 2.17. The number of anilines is 2. The first kappa shape index (κ1) is 24.0. The van der Waals surface area contributed by atoms with Gasteiger partial charge in [0, 0.05) is 17.4 Å². The molecule has 1 aromatic heterocycles. The molecular weight excluding hydrogens is 466 g/mol. The maximum Gasteiger partial charge on any atom is 0.328 e. The fraction of sp³-hybridized carbons (Fsp3) is 0.0800. The lowest BCUT2D eigenvalue weighted by Crippen LogP contribution is -2.36. The highest BCUT2D eigenvalue weighted by atomic mass is 32.2. The summed E-state index contributed by atoms with van der Waals surface area (Å²) >= 11 is 0. The molecule has 0 aliphatic carbocycles. The molecule has 0 aliphatic rings. The van der Waals surface area contributed by atoms with Gasteiger partial charge in [-0.2, -0.15) is 0 Å². The van der Waals surface area contributed by atoms with Crippen LogP contribution < -0.4 is 20.9 Å². The van der Waals surface area contributed by atoms with Gasteiger partial charge < -0.3 is 15.8 Å². The van der Waals surface area contributed by atoms with Crippen LogP contribution >= 0.6 is 0 Å². The van der Waals surface area contributed by atoms with Gasteiger partial charge in [0.15, 0.2) is 0 Å². The maximum absolute atomic E-state index is 12.3. The molecule has 35 heavy (non-hydrogen) atoms. The van der Waals surface area contributed by atoms with Crippen LogP contribution in [0.3, 0.4) is 0 Å². The van der Waals surface area contributed by atoms with Crippen LogP contribution in [0.25, 0.3) is 11.3 Å². The standard InChI is InChI=1S/C25H23N5O4S/c26-22(24(31)34-20-4-2-1-3-5-20)16-17-6-8-18(9-7-17)23-14-15-28-25(30-23)29-19-10-12-21(13-11-19)35(27,32)33/h1-15,22H,16,26H2,(H2,27,32,33)(H,28,29,30)/t22-/m0/s1. The zero-order valence-corrected chi connectivity index (χ0v) is 19.4. The monoisotopic (exact) mass is 489 g/mol. The van der Waals surface area contributed by atoms with Crippen molar-refractivity contribution in [3.8, 4) is 17.0 Å². The first-order valence-electron chi connectivity index (χ1n) is 10.6. The number of sulfonamides is 1. The molecule has 3 aromatic carbocycles. The van der Waals surface area contributed by atoms with Crippen molar-refractivity contribution in [2.45, 2.75) is 17.4 Å².